The molecule has 0 unspecified atom stereocenters. The number of aromatic nitrogens is 4. The number of hydrogen-bond acceptors (Lipinski definition) is 3. The van der Waals surface area contributed by atoms with Gasteiger partial charge in [-0.15, -0.1) is 10.2 Å². The van der Waals surface area contributed by atoms with E-state index in [9.17, 15) is 0 Å². The Hall–Kier alpha value is -2.82. The zero-order valence-electron chi connectivity index (χ0n) is 11.0. The van der Waals surface area contributed by atoms with E-state index in [2.05, 4.69) is 26.7 Å². The van der Waals surface area contributed by atoms with E-state index in [1.807, 2.05) is 48.0 Å². The molecule has 2 aromatic carbocycles. The van der Waals surface area contributed by atoms with Crippen LogP contribution < -0.4 is 5.73 Å². The summed E-state index contributed by atoms with van der Waals surface area (Å²) in [6.07, 6.45) is 0. The highest BCUT2D eigenvalue weighted by Gasteiger charge is 2.15. The molecule has 4 aromatic rings. The van der Waals surface area contributed by atoms with E-state index in [1.165, 1.54) is 0 Å². The third-order valence-corrected chi connectivity index (χ3v) is 3.60. The number of anilines is 1. The Kier molecular flexibility index (Phi) is 2.12. The quantitative estimate of drug-likeness (QED) is 0.537. The first-order valence-electron chi connectivity index (χ1n) is 6.40. The number of fused-ring (bicyclic) bond motifs is 3. The van der Waals surface area contributed by atoms with Gasteiger partial charge < -0.3 is 10.3 Å². The van der Waals surface area contributed by atoms with Crippen molar-refractivity contribution in [2.75, 3.05) is 5.73 Å². The van der Waals surface area contributed by atoms with Crippen molar-refractivity contribution in [2.45, 2.75) is 0 Å². The smallest absolute Gasteiger partial charge is 0.236 e. The molecule has 2 heterocycles. The first-order valence-corrected chi connectivity index (χ1v) is 6.40. The van der Waals surface area contributed by atoms with E-state index >= 15 is 0 Å². The summed E-state index contributed by atoms with van der Waals surface area (Å²) in [5.74, 6) is 1.66. The Balaban J connectivity index is 2.10. The van der Waals surface area contributed by atoms with E-state index < -0.39 is 0 Å². The molecule has 0 radical (unpaired) electrons. The minimum atomic E-state index is 0.743. The molecule has 0 amide bonds. The molecular weight excluding hydrogens is 250 g/mol. The standard InChI is InChI=1S/C15H13N5/c1-19-12-4-2-3-5-13(12)20-14(17-18-15(19)20)10-6-8-11(16)9-7-10/h2-9H,16H2,1H3. The van der Waals surface area contributed by atoms with Crippen LogP contribution in [0.25, 0.3) is 28.2 Å². The number of para-hydroxylation sites is 2. The van der Waals surface area contributed by atoms with Gasteiger partial charge in [-0.25, -0.2) is 0 Å². The van der Waals surface area contributed by atoms with Crippen LogP contribution in [0.4, 0.5) is 5.69 Å². The van der Waals surface area contributed by atoms with Gasteiger partial charge in [0.05, 0.1) is 11.0 Å². The first kappa shape index (κ1) is 11.0. The second-order valence-corrected chi connectivity index (χ2v) is 4.83. The van der Waals surface area contributed by atoms with Gasteiger partial charge in [0.1, 0.15) is 0 Å². The summed E-state index contributed by atoms with van der Waals surface area (Å²) in [4.78, 5) is 0. The van der Waals surface area contributed by atoms with Crippen molar-refractivity contribution in [1.82, 2.24) is 19.2 Å². The summed E-state index contributed by atoms with van der Waals surface area (Å²) in [6, 6.07) is 15.9. The maximum atomic E-state index is 5.74. The molecule has 4 rings (SSSR count). The molecule has 98 valence electrons. The molecular formula is C15H13N5. The minimum Gasteiger partial charge on any atom is -0.399 e. The summed E-state index contributed by atoms with van der Waals surface area (Å²) >= 11 is 0. The molecule has 0 bridgehead atoms. The fourth-order valence-electron chi connectivity index (χ4n) is 2.58. The minimum absolute atomic E-state index is 0.743. The van der Waals surface area contributed by atoms with E-state index in [0.717, 1.165) is 33.9 Å². The molecule has 0 aliphatic carbocycles. The van der Waals surface area contributed by atoms with Gasteiger partial charge in [-0.2, -0.15) is 0 Å². The van der Waals surface area contributed by atoms with Gasteiger partial charge in [-0.05, 0) is 36.4 Å². The number of hydrogen-bond donors (Lipinski definition) is 1. The van der Waals surface area contributed by atoms with Crippen LogP contribution in [0.15, 0.2) is 48.5 Å². The lowest BCUT2D eigenvalue weighted by Crippen LogP contribution is -1.89. The summed E-state index contributed by atoms with van der Waals surface area (Å²) in [6.45, 7) is 0. The highest BCUT2D eigenvalue weighted by molar-refractivity contribution is 5.83. The van der Waals surface area contributed by atoms with Crippen LogP contribution in [0.2, 0.25) is 0 Å². The largest absolute Gasteiger partial charge is 0.399 e. The molecule has 0 spiro atoms. The average molecular weight is 263 g/mol. The van der Waals surface area contributed by atoms with Crippen LogP contribution in [0.5, 0.6) is 0 Å². The topological polar surface area (TPSA) is 61.1 Å². The van der Waals surface area contributed by atoms with Crippen molar-refractivity contribution in [2.24, 2.45) is 7.05 Å². The van der Waals surface area contributed by atoms with Crippen LogP contribution in [0.1, 0.15) is 0 Å². The van der Waals surface area contributed by atoms with Gasteiger partial charge in [-0.1, -0.05) is 12.1 Å². The molecule has 0 saturated carbocycles. The average Bonchev–Trinajstić information content (AvgIpc) is 3.02. The second-order valence-electron chi connectivity index (χ2n) is 4.83. The molecule has 0 fully saturated rings. The predicted molar refractivity (Wildman–Crippen MR) is 79.3 cm³/mol. The van der Waals surface area contributed by atoms with Gasteiger partial charge in [-0.3, -0.25) is 4.40 Å². The lowest BCUT2D eigenvalue weighted by atomic mass is 10.2. The van der Waals surface area contributed by atoms with Gasteiger partial charge in [0.2, 0.25) is 5.78 Å². The highest BCUT2D eigenvalue weighted by atomic mass is 15.3. The fourth-order valence-corrected chi connectivity index (χ4v) is 2.58. The highest BCUT2D eigenvalue weighted by Crippen LogP contribution is 2.25. The van der Waals surface area contributed by atoms with Crippen molar-refractivity contribution in [3.63, 3.8) is 0 Å². The SMILES string of the molecule is Cn1c2ccccc2n2c(-c3ccc(N)cc3)nnc12. The van der Waals surface area contributed by atoms with E-state index in [4.69, 9.17) is 5.73 Å². The Bertz CT molecular complexity index is 915. The van der Waals surface area contributed by atoms with Gasteiger partial charge in [0.15, 0.2) is 5.82 Å². The number of imidazole rings is 1. The molecule has 5 nitrogen and oxygen atoms in total. The Morgan fingerprint density at radius 3 is 2.35 bits per heavy atom. The summed E-state index contributed by atoms with van der Waals surface area (Å²) in [5.41, 5.74) is 9.72. The molecule has 2 aromatic heterocycles. The zero-order chi connectivity index (χ0) is 13.7. The maximum Gasteiger partial charge on any atom is 0.236 e. The Morgan fingerprint density at radius 2 is 1.60 bits per heavy atom. The Labute approximate surface area is 115 Å². The predicted octanol–water partition coefficient (Wildman–Crippen LogP) is 2.47. The van der Waals surface area contributed by atoms with Crippen molar-refractivity contribution in [3.8, 4) is 11.4 Å². The second kappa shape index (κ2) is 3.84. The first-order chi connectivity index (χ1) is 9.75. The zero-order valence-corrected chi connectivity index (χ0v) is 11.0. The summed E-state index contributed by atoms with van der Waals surface area (Å²) in [5, 5.41) is 8.62. The third-order valence-electron chi connectivity index (χ3n) is 3.60. The lowest BCUT2D eigenvalue weighted by Gasteiger charge is -1.99. The van der Waals surface area contributed by atoms with Crippen LogP contribution in [0, 0.1) is 0 Å². The molecule has 0 aliphatic heterocycles. The van der Waals surface area contributed by atoms with E-state index in [1.54, 1.807) is 0 Å². The molecule has 20 heavy (non-hydrogen) atoms. The summed E-state index contributed by atoms with van der Waals surface area (Å²) in [7, 11) is 2.00. The number of nitrogen functional groups attached to an aromatic ring is 1. The van der Waals surface area contributed by atoms with Crippen molar-refractivity contribution >= 4 is 22.5 Å². The number of rotatable bonds is 1. The molecule has 0 aliphatic rings. The van der Waals surface area contributed by atoms with Crippen molar-refractivity contribution in [1.29, 1.82) is 0 Å². The van der Waals surface area contributed by atoms with E-state index in [0.29, 0.717) is 0 Å². The molecule has 0 atom stereocenters. The van der Waals surface area contributed by atoms with E-state index in [-0.39, 0.29) is 0 Å². The van der Waals surface area contributed by atoms with Crippen LogP contribution >= 0.6 is 0 Å². The van der Waals surface area contributed by atoms with Crippen LogP contribution in [0.3, 0.4) is 0 Å². The normalized spacial score (nSPS) is 11.4. The van der Waals surface area contributed by atoms with Gasteiger partial charge in [0.25, 0.3) is 0 Å². The lowest BCUT2D eigenvalue weighted by molar-refractivity contribution is 0.954. The van der Waals surface area contributed by atoms with Crippen molar-refractivity contribution in [3.05, 3.63) is 48.5 Å². The molecule has 5 heteroatoms. The molecule has 0 saturated heterocycles. The Morgan fingerprint density at radius 1 is 0.900 bits per heavy atom. The fraction of sp³-hybridized carbons (Fsp3) is 0.0667. The van der Waals surface area contributed by atoms with Gasteiger partial charge in [0, 0.05) is 18.3 Å². The molecule has 2 N–H and O–H groups in total. The number of aryl methyl sites for hydroxylation is 1. The van der Waals surface area contributed by atoms with Crippen LogP contribution in [-0.4, -0.2) is 19.2 Å². The monoisotopic (exact) mass is 263 g/mol. The number of nitrogens with zero attached hydrogens (tertiary/aromatic N) is 4. The van der Waals surface area contributed by atoms with Crippen LogP contribution in [-0.2, 0) is 7.05 Å². The maximum absolute atomic E-state index is 5.74. The van der Waals surface area contributed by atoms with Crippen molar-refractivity contribution < 1.29 is 0 Å². The number of benzene rings is 2. The third kappa shape index (κ3) is 1.37. The number of nitrogens with two attached hydrogens (primary N) is 1. The summed E-state index contributed by atoms with van der Waals surface area (Å²) < 4.78 is 4.12. The van der Waals surface area contributed by atoms with Gasteiger partial charge >= 0.3 is 0 Å².